The molecule has 0 bridgehead atoms. The highest BCUT2D eigenvalue weighted by atomic mass is 28.2. The highest BCUT2D eigenvalue weighted by molar-refractivity contribution is 5.98. The molecule has 1 aromatic carbocycles. The van der Waals surface area contributed by atoms with Crippen molar-refractivity contribution in [1.82, 2.24) is 0 Å². The molecule has 1 unspecified atom stereocenters. The van der Waals surface area contributed by atoms with E-state index in [4.69, 9.17) is 4.43 Å². The SMILES string of the molecule is CCCCc1cccc(C(CC)O[SiH3])c1CCCC. The Balaban J connectivity index is 3.05. The Hall–Kier alpha value is -0.603. The molecular formula is C17H30OSi. The number of rotatable bonds is 9. The topological polar surface area (TPSA) is 9.23 Å². The van der Waals surface area contributed by atoms with Crippen molar-refractivity contribution in [3.63, 3.8) is 0 Å². The van der Waals surface area contributed by atoms with Crippen molar-refractivity contribution in [3.8, 4) is 0 Å². The third-order valence-electron chi connectivity index (χ3n) is 3.89. The molecule has 0 radical (unpaired) electrons. The Morgan fingerprint density at radius 1 is 1.05 bits per heavy atom. The molecule has 108 valence electrons. The number of benzene rings is 1. The van der Waals surface area contributed by atoms with Gasteiger partial charge in [0.15, 0.2) is 0 Å². The number of aryl methyl sites for hydroxylation is 1. The zero-order valence-electron chi connectivity index (χ0n) is 13.2. The van der Waals surface area contributed by atoms with E-state index in [1.807, 2.05) is 0 Å². The van der Waals surface area contributed by atoms with Crippen LogP contribution in [0.3, 0.4) is 0 Å². The van der Waals surface area contributed by atoms with Gasteiger partial charge in [-0.1, -0.05) is 51.8 Å². The zero-order valence-corrected chi connectivity index (χ0v) is 15.2. The van der Waals surface area contributed by atoms with Gasteiger partial charge in [0.25, 0.3) is 0 Å². The lowest BCUT2D eigenvalue weighted by Crippen LogP contribution is -2.08. The fraction of sp³-hybridized carbons (Fsp3) is 0.647. The zero-order chi connectivity index (χ0) is 14.1. The van der Waals surface area contributed by atoms with Crippen molar-refractivity contribution in [1.29, 1.82) is 0 Å². The van der Waals surface area contributed by atoms with E-state index in [0.717, 1.165) is 16.9 Å². The molecule has 0 N–H and O–H groups in total. The van der Waals surface area contributed by atoms with Gasteiger partial charge in [-0.25, -0.2) is 0 Å². The molecule has 19 heavy (non-hydrogen) atoms. The standard InChI is InChI=1S/C17H30OSi/c1-4-7-10-14-11-9-13-16(17(6-3)18-19)15(14)12-8-5-2/h9,11,13,17H,4-8,10,12H2,1-3,19H3. The summed E-state index contributed by atoms with van der Waals surface area (Å²) in [5, 5.41) is 0. The Labute approximate surface area is 122 Å². The summed E-state index contributed by atoms with van der Waals surface area (Å²) in [5.74, 6) is 0. The Morgan fingerprint density at radius 3 is 2.32 bits per heavy atom. The summed E-state index contributed by atoms with van der Waals surface area (Å²) in [4.78, 5) is 0. The first kappa shape index (κ1) is 16.5. The summed E-state index contributed by atoms with van der Waals surface area (Å²) >= 11 is 0. The van der Waals surface area contributed by atoms with Gasteiger partial charge in [-0.05, 0) is 48.8 Å². The normalized spacial score (nSPS) is 12.8. The van der Waals surface area contributed by atoms with Crippen molar-refractivity contribution in [2.75, 3.05) is 0 Å². The second-order valence-electron chi connectivity index (χ2n) is 5.32. The van der Waals surface area contributed by atoms with Crippen LogP contribution in [0.25, 0.3) is 0 Å². The van der Waals surface area contributed by atoms with Gasteiger partial charge in [0.2, 0.25) is 0 Å². The maximum absolute atomic E-state index is 5.80. The van der Waals surface area contributed by atoms with E-state index in [0.29, 0.717) is 6.10 Å². The molecule has 1 nitrogen and oxygen atoms in total. The molecule has 2 heteroatoms. The molecule has 0 aromatic heterocycles. The van der Waals surface area contributed by atoms with Crippen LogP contribution in [0.5, 0.6) is 0 Å². The van der Waals surface area contributed by atoms with E-state index in [-0.39, 0.29) is 0 Å². The molecule has 1 atom stereocenters. The Bertz CT molecular complexity index is 358. The quantitative estimate of drug-likeness (QED) is 0.617. The minimum absolute atomic E-state index is 0.320. The smallest absolute Gasteiger partial charge is 0.146 e. The third-order valence-corrected chi connectivity index (χ3v) is 4.46. The maximum Gasteiger partial charge on any atom is 0.146 e. The first-order valence-corrected chi connectivity index (χ1v) is 8.73. The third kappa shape index (κ3) is 4.77. The van der Waals surface area contributed by atoms with E-state index < -0.39 is 0 Å². The molecule has 1 aromatic rings. The highest BCUT2D eigenvalue weighted by Crippen LogP contribution is 2.28. The first-order valence-electron chi connectivity index (χ1n) is 7.91. The molecule has 0 saturated carbocycles. The van der Waals surface area contributed by atoms with Crippen LogP contribution in [-0.4, -0.2) is 10.5 Å². The number of unbranched alkanes of at least 4 members (excludes halogenated alkanes) is 2. The molecule has 0 aliphatic rings. The van der Waals surface area contributed by atoms with E-state index in [1.54, 1.807) is 11.1 Å². The monoisotopic (exact) mass is 278 g/mol. The van der Waals surface area contributed by atoms with Crippen LogP contribution in [0.1, 0.15) is 75.7 Å². The number of hydrogen-bond acceptors (Lipinski definition) is 1. The molecule has 0 aliphatic heterocycles. The predicted octanol–water partition coefficient (Wildman–Crippen LogP) is 4.12. The summed E-state index contributed by atoms with van der Waals surface area (Å²) in [7, 11) is 0.821. The van der Waals surface area contributed by atoms with Crippen LogP contribution >= 0.6 is 0 Å². The van der Waals surface area contributed by atoms with Crippen molar-refractivity contribution in [2.45, 2.75) is 71.8 Å². The van der Waals surface area contributed by atoms with Gasteiger partial charge in [-0.2, -0.15) is 0 Å². The summed E-state index contributed by atoms with van der Waals surface area (Å²) in [6.07, 6.45) is 8.95. The van der Waals surface area contributed by atoms with Gasteiger partial charge in [0.05, 0.1) is 6.10 Å². The first-order chi connectivity index (χ1) is 9.28. The molecule has 1 rings (SSSR count). The van der Waals surface area contributed by atoms with Crippen LogP contribution < -0.4 is 0 Å². The van der Waals surface area contributed by atoms with Crippen LogP contribution in [0.4, 0.5) is 0 Å². The summed E-state index contributed by atoms with van der Waals surface area (Å²) in [6, 6.07) is 6.83. The maximum atomic E-state index is 5.80. The Kier molecular flexibility index (Phi) is 8.07. The fourth-order valence-electron chi connectivity index (χ4n) is 2.73. The second-order valence-corrected chi connectivity index (χ2v) is 5.80. The van der Waals surface area contributed by atoms with E-state index >= 15 is 0 Å². The molecule has 0 heterocycles. The second kappa shape index (κ2) is 9.32. The molecular weight excluding hydrogens is 248 g/mol. The van der Waals surface area contributed by atoms with Crippen LogP contribution in [0.15, 0.2) is 18.2 Å². The summed E-state index contributed by atoms with van der Waals surface area (Å²) in [5.41, 5.74) is 4.60. The van der Waals surface area contributed by atoms with Gasteiger partial charge >= 0.3 is 0 Å². The Morgan fingerprint density at radius 2 is 1.74 bits per heavy atom. The van der Waals surface area contributed by atoms with Gasteiger partial charge in [-0.15, -0.1) is 0 Å². The van der Waals surface area contributed by atoms with Gasteiger partial charge in [-0.3, -0.25) is 0 Å². The van der Waals surface area contributed by atoms with Crippen molar-refractivity contribution in [3.05, 3.63) is 34.9 Å². The summed E-state index contributed by atoms with van der Waals surface area (Å²) in [6.45, 7) is 6.77. The molecule has 0 spiro atoms. The van der Waals surface area contributed by atoms with E-state index in [9.17, 15) is 0 Å². The highest BCUT2D eigenvalue weighted by Gasteiger charge is 2.14. The average molecular weight is 279 g/mol. The van der Waals surface area contributed by atoms with Crippen molar-refractivity contribution in [2.24, 2.45) is 0 Å². The van der Waals surface area contributed by atoms with Crippen LogP contribution in [0, 0.1) is 0 Å². The van der Waals surface area contributed by atoms with Crippen LogP contribution in [-0.2, 0) is 17.3 Å². The van der Waals surface area contributed by atoms with Crippen LogP contribution in [0.2, 0.25) is 0 Å². The van der Waals surface area contributed by atoms with E-state index in [2.05, 4.69) is 39.0 Å². The number of hydrogen-bond donors (Lipinski definition) is 0. The predicted molar refractivity (Wildman–Crippen MR) is 87.7 cm³/mol. The average Bonchev–Trinajstić information content (AvgIpc) is 2.45. The fourth-order valence-corrected chi connectivity index (χ4v) is 3.32. The molecule has 0 amide bonds. The van der Waals surface area contributed by atoms with Crippen molar-refractivity contribution < 1.29 is 4.43 Å². The summed E-state index contributed by atoms with van der Waals surface area (Å²) < 4.78 is 5.80. The largest absolute Gasteiger partial charge is 0.421 e. The van der Waals surface area contributed by atoms with E-state index in [1.165, 1.54) is 44.1 Å². The lowest BCUT2D eigenvalue weighted by atomic mass is 9.90. The molecule has 0 fully saturated rings. The van der Waals surface area contributed by atoms with Gasteiger partial charge < -0.3 is 4.43 Å². The lowest BCUT2D eigenvalue weighted by molar-refractivity contribution is 0.220. The molecule has 0 aliphatic carbocycles. The van der Waals surface area contributed by atoms with Gasteiger partial charge in [0.1, 0.15) is 10.5 Å². The minimum Gasteiger partial charge on any atom is -0.421 e. The van der Waals surface area contributed by atoms with Gasteiger partial charge in [0, 0.05) is 0 Å². The molecule has 0 saturated heterocycles. The lowest BCUT2D eigenvalue weighted by Gasteiger charge is -2.21. The van der Waals surface area contributed by atoms with Crippen molar-refractivity contribution >= 4 is 10.5 Å². The minimum atomic E-state index is 0.320.